The SMILES string of the molecule is CC/C=C\C/C=C\C/C=C\C/C=C\CCCCCCCCCCCCCCCCC(=O)NC(COC1OC(CO)C(OC2OC(CO)C(O)C(O)C2O)C(O)C1O)C(O)/C=C/CC/C=C/CC/C=C/CCCC. The van der Waals surface area contributed by atoms with Crippen LogP contribution in [0.3, 0.4) is 0 Å². The zero-order valence-corrected chi connectivity index (χ0v) is 44.8. The Morgan fingerprint density at radius 1 is 0.507 bits per heavy atom. The smallest absolute Gasteiger partial charge is 0.220 e. The van der Waals surface area contributed by atoms with Gasteiger partial charge in [-0.1, -0.05) is 189 Å². The number of rotatable bonds is 43. The molecule has 73 heavy (non-hydrogen) atoms. The lowest BCUT2D eigenvalue weighted by molar-refractivity contribution is -0.359. The van der Waals surface area contributed by atoms with Crippen LogP contribution in [0.5, 0.6) is 0 Å². The van der Waals surface area contributed by atoms with Gasteiger partial charge in [0.05, 0.1) is 32.0 Å². The summed E-state index contributed by atoms with van der Waals surface area (Å²) in [5.41, 5.74) is 0. The van der Waals surface area contributed by atoms with Crippen LogP contribution >= 0.6 is 0 Å². The number of nitrogens with one attached hydrogen (secondary N) is 1. The van der Waals surface area contributed by atoms with Crippen molar-refractivity contribution in [2.24, 2.45) is 0 Å². The zero-order chi connectivity index (χ0) is 53.2. The Bertz CT molecular complexity index is 1550. The molecule has 0 bridgehead atoms. The number of carbonyl (C=O) groups is 1. The molecule has 2 aliphatic heterocycles. The summed E-state index contributed by atoms with van der Waals surface area (Å²) in [4.78, 5) is 13.2. The summed E-state index contributed by atoms with van der Waals surface area (Å²) in [5.74, 6) is -0.259. The predicted octanol–water partition coefficient (Wildman–Crippen LogP) is 8.94. The Hall–Kier alpha value is -2.83. The average Bonchev–Trinajstić information content (AvgIpc) is 3.39. The van der Waals surface area contributed by atoms with Gasteiger partial charge in [0.25, 0.3) is 0 Å². The molecule has 2 fully saturated rings. The van der Waals surface area contributed by atoms with Crippen molar-refractivity contribution in [1.82, 2.24) is 5.32 Å². The van der Waals surface area contributed by atoms with Gasteiger partial charge in [-0.05, 0) is 77.0 Å². The van der Waals surface area contributed by atoms with E-state index in [1.807, 2.05) is 6.08 Å². The van der Waals surface area contributed by atoms with Crippen molar-refractivity contribution in [2.75, 3.05) is 19.8 Å². The third-order valence-corrected chi connectivity index (χ3v) is 13.3. The average molecular weight is 1030 g/mol. The number of hydrogen-bond acceptors (Lipinski definition) is 13. The van der Waals surface area contributed by atoms with E-state index in [2.05, 4.69) is 92.1 Å². The molecule has 2 aliphatic rings. The van der Waals surface area contributed by atoms with Crippen LogP contribution in [0.25, 0.3) is 0 Å². The molecule has 2 heterocycles. The number of ether oxygens (including phenoxy) is 4. The maximum absolute atomic E-state index is 13.2. The van der Waals surface area contributed by atoms with E-state index in [-0.39, 0.29) is 18.9 Å². The van der Waals surface area contributed by atoms with E-state index in [1.54, 1.807) is 6.08 Å². The first-order chi connectivity index (χ1) is 35.6. The molecule has 14 heteroatoms. The van der Waals surface area contributed by atoms with Crippen LogP contribution in [-0.2, 0) is 23.7 Å². The standard InChI is InChI=1S/C59H101NO13/c1-3-5-7-9-11-13-15-17-18-19-20-21-22-23-24-25-26-27-28-29-30-31-33-35-37-39-41-43-51(64)60-47(48(63)42-40-38-36-34-32-16-14-12-10-8-6-4-2)46-70-58-56(69)54(67)57(50(45-62)72-58)73-59-55(68)53(66)52(65)49(44-61)71-59/h5,7,10-13,17-18,20-21,32,34,40,42,47-50,52-59,61-63,65-69H,3-4,6,8-9,14-16,19,22-31,33,35-39,41,43-46H2,1-2H3,(H,60,64)/b7-5-,12-10+,13-11-,18-17-,21-20-,34-32+,42-40+. The fraction of sp³-hybridized carbons (Fsp3) is 0.746. The van der Waals surface area contributed by atoms with Gasteiger partial charge in [0.15, 0.2) is 12.6 Å². The fourth-order valence-electron chi connectivity index (χ4n) is 8.71. The number of amides is 1. The van der Waals surface area contributed by atoms with E-state index in [0.717, 1.165) is 70.6 Å². The van der Waals surface area contributed by atoms with Crippen LogP contribution in [0.4, 0.5) is 0 Å². The maximum atomic E-state index is 13.2. The number of unbranched alkanes of at least 4 members (excludes halogenated alkanes) is 18. The summed E-state index contributed by atoms with van der Waals surface area (Å²) in [6, 6.07) is -0.941. The number of allylic oxidation sites excluding steroid dienone is 13. The molecule has 0 aromatic heterocycles. The highest BCUT2D eigenvalue weighted by molar-refractivity contribution is 5.76. The first-order valence-electron chi connectivity index (χ1n) is 28.3. The van der Waals surface area contributed by atoms with Gasteiger partial charge in [0, 0.05) is 6.42 Å². The van der Waals surface area contributed by atoms with E-state index in [1.165, 1.54) is 83.5 Å². The Kier molecular flexibility index (Phi) is 40.2. The molecule has 0 aromatic carbocycles. The molecule has 0 spiro atoms. The van der Waals surface area contributed by atoms with Gasteiger partial charge < -0.3 is 65.1 Å². The Morgan fingerprint density at radius 3 is 1.51 bits per heavy atom. The molecule has 14 nitrogen and oxygen atoms in total. The van der Waals surface area contributed by atoms with E-state index in [4.69, 9.17) is 18.9 Å². The second-order valence-electron chi connectivity index (χ2n) is 19.7. The summed E-state index contributed by atoms with van der Waals surface area (Å²) < 4.78 is 22.7. The zero-order valence-electron chi connectivity index (χ0n) is 44.8. The lowest BCUT2D eigenvalue weighted by Gasteiger charge is -2.46. The highest BCUT2D eigenvalue weighted by atomic mass is 16.7. The first-order valence-corrected chi connectivity index (χ1v) is 28.3. The van der Waals surface area contributed by atoms with Crippen LogP contribution < -0.4 is 5.32 Å². The van der Waals surface area contributed by atoms with Crippen molar-refractivity contribution in [3.8, 4) is 0 Å². The summed E-state index contributed by atoms with van der Waals surface area (Å²) in [7, 11) is 0. The van der Waals surface area contributed by atoms with Gasteiger partial charge in [0.1, 0.15) is 48.8 Å². The van der Waals surface area contributed by atoms with Crippen molar-refractivity contribution in [3.05, 3.63) is 85.1 Å². The minimum Gasteiger partial charge on any atom is -0.394 e. The molecule has 12 unspecified atom stereocenters. The lowest BCUT2D eigenvalue weighted by atomic mass is 9.97. The predicted molar refractivity (Wildman–Crippen MR) is 290 cm³/mol. The number of aliphatic hydroxyl groups excluding tert-OH is 8. The maximum Gasteiger partial charge on any atom is 0.220 e. The molecule has 2 saturated heterocycles. The van der Waals surface area contributed by atoms with Crippen molar-refractivity contribution in [3.63, 3.8) is 0 Å². The number of carbonyl (C=O) groups excluding carboxylic acids is 1. The van der Waals surface area contributed by atoms with Crippen LogP contribution in [-0.4, -0.2) is 140 Å². The summed E-state index contributed by atoms with van der Waals surface area (Å²) in [6.45, 7) is 2.59. The van der Waals surface area contributed by atoms with Gasteiger partial charge in [-0.3, -0.25) is 4.79 Å². The topological polar surface area (TPSA) is 228 Å². The second kappa shape index (κ2) is 44.3. The van der Waals surface area contributed by atoms with Crippen LogP contribution in [0.15, 0.2) is 85.1 Å². The van der Waals surface area contributed by atoms with Crippen LogP contribution in [0, 0.1) is 0 Å². The Labute approximate surface area is 440 Å². The molecule has 0 saturated carbocycles. The quantitative estimate of drug-likeness (QED) is 0.0206. The summed E-state index contributed by atoms with van der Waals surface area (Å²) in [6.07, 6.45) is 42.1. The summed E-state index contributed by atoms with van der Waals surface area (Å²) in [5, 5.41) is 86.8. The first kappa shape index (κ1) is 66.3. The number of aliphatic hydroxyl groups is 8. The second-order valence-corrected chi connectivity index (χ2v) is 19.7. The van der Waals surface area contributed by atoms with Crippen LogP contribution in [0.1, 0.15) is 187 Å². The van der Waals surface area contributed by atoms with E-state index in [9.17, 15) is 45.6 Å². The fourth-order valence-corrected chi connectivity index (χ4v) is 8.71. The molecule has 1 amide bonds. The normalized spacial score (nSPS) is 26.1. The third-order valence-electron chi connectivity index (χ3n) is 13.3. The highest BCUT2D eigenvalue weighted by Gasteiger charge is 2.51. The van der Waals surface area contributed by atoms with Crippen LogP contribution in [0.2, 0.25) is 0 Å². The van der Waals surface area contributed by atoms with Gasteiger partial charge >= 0.3 is 0 Å². The summed E-state index contributed by atoms with van der Waals surface area (Å²) >= 11 is 0. The minimum atomic E-state index is -1.79. The third kappa shape index (κ3) is 30.5. The molecule has 9 N–H and O–H groups in total. The monoisotopic (exact) mass is 1030 g/mol. The molecular weight excluding hydrogens is 931 g/mol. The van der Waals surface area contributed by atoms with E-state index >= 15 is 0 Å². The largest absolute Gasteiger partial charge is 0.394 e. The molecule has 420 valence electrons. The molecule has 0 radical (unpaired) electrons. The highest BCUT2D eigenvalue weighted by Crippen LogP contribution is 2.30. The minimum absolute atomic E-state index is 0.259. The van der Waals surface area contributed by atoms with Gasteiger partial charge in [-0.2, -0.15) is 0 Å². The molecular formula is C59H101NO13. The Morgan fingerprint density at radius 2 is 0.959 bits per heavy atom. The lowest BCUT2D eigenvalue weighted by Crippen LogP contribution is -2.65. The van der Waals surface area contributed by atoms with E-state index in [0.29, 0.717) is 12.8 Å². The molecule has 12 atom stereocenters. The van der Waals surface area contributed by atoms with Crippen molar-refractivity contribution >= 4 is 5.91 Å². The van der Waals surface area contributed by atoms with Gasteiger partial charge in [-0.15, -0.1) is 0 Å². The van der Waals surface area contributed by atoms with Gasteiger partial charge in [-0.25, -0.2) is 0 Å². The molecule has 0 aromatic rings. The Balaban J connectivity index is 1.72. The van der Waals surface area contributed by atoms with Crippen molar-refractivity contribution in [1.29, 1.82) is 0 Å². The van der Waals surface area contributed by atoms with E-state index < -0.39 is 86.8 Å². The van der Waals surface area contributed by atoms with Crippen molar-refractivity contribution in [2.45, 2.75) is 261 Å². The van der Waals surface area contributed by atoms with Gasteiger partial charge in [0.2, 0.25) is 5.91 Å². The molecule has 2 rings (SSSR count). The number of hydrogen-bond donors (Lipinski definition) is 9. The molecule has 0 aliphatic carbocycles. The van der Waals surface area contributed by atoms with Crippen molar-refractivity contribution < 1.29 is 64.6 Å².